The van der Waals surface area contributed by atoms with Crippen LogP contribution in [0.5, 0.6) is 5.75 Å². The summed E-state index contributed by atoms with van der Waals surface area (Å²) in [6.07, 6.45) is 1.05. The standard InChI is InChI=1S/C22H22F4N4O2/c1-12-6-8-14(9-7-12)30-11-13-10-16(20(32-2)18(23)19(13)29-30)28-21(31)15-4-3-5-17(27-15)22(24,25)26/h3-5,10-12,14H,6-9H2,1-2H3,(H,28,31). The minimum Gasteiger partial charge on any atom is -0.491 e. The number of anilines is 1. The summed E-state index contributed by atoms with van der Waals surface area (Å²) in [6.45, 7) is 2.20. The largest absolute Gasteiger partial charge is 0.491 e. The molecule has 1 N–H and O–H groups in total. The lowest BCUT2D eigenvalue weighted by Crippen LogP contribution is -2.17. The summed E-state index contributed by atoms with van der Waals surface area (Å²) in [5, 5.41) is 7.26. The van der Waals surface area contributed by atoms with Crippen LogP contribution in [0.25, 0.3) is 10.9 Å². The third-order valence-corrected chi connectivity index (χ3v) is 5.80. The minimum atomic E-state index is -4.69. The van der Waals surface area contributed by atoms with E-state index in [0.29, 0.717) is 11.3 Å². The fourth-order valence-electron chi connectivity index (χ4n) is 4.02. The lowest BCUT2D eigenvalue weighted by Gasteiger charge is -2.26. The van der Waals surface area contributed by atoms with Gasteiger partial charge in [0.15, 0.2) is 11.6 Å². The second kappa shape index (κ2) is 8.40. The summed E-state index contributed by atoms with van der Waals surface area (Å²) in [6, 6.07) is 4.66. The van der Waals surface area contributed by atoms with Crippen LogP contribution in [0, 0.1) is 11.7 Å². The molecule has 6 nitrogen and oxygen atoms in total. The van der Waals surface area contributed by atoms with E-state index < -0.39 is 29.3 Å². The number of fused-ring (bicyclic) bond motifs is 1. The van der Waals surface area contributed by atoms with Crippen molar-refractivity contribution in [2.24, 2.45) is 5.92 Å². The quantitative estimate of drug-likeness (QED) is 0.526. The summed E-state index contributed by atoms with van der Waals surface area (Å²) in [4.78, 5) is 15.9. The first-order chi connectivity index (χ1) is 15.2. The van der Waals surface area contributed by atoms with Gasteiger partial charge in [-0.3, -0.25) is 9.48 Å². The van der Waals surface area contributed by atoms with Gasteiger partial charge in [0.05, 0.1) is 18.8 Å². The average molecular weight is 450 g/mol. The fraction of sp³-hybridized carbons (Fsp3) is 0.409. The first-order valence-electron chi connectivity index (χ1n) is 10.3. The molecular weight excluding hydrogens is 428 g/mol. The molecule has 4 rings (SSSR count). The van der Waals surface area contributed by atoms with E-state index in [4.69, 9.17) is 4.74 Å². The molecule has 32 heavy (non-hydrogen) atoms. The van der Waals surface area contributed by atoms with Gasteiger partial charge >= 0.3 is 6.18 Å². The van der Waals surface area contributed by atoms with Crippen molar-refractivity contribution in [1.82, 2.24) is 14.8 Å². The Kier molecular flexibility index (Phi) is 5.79. The zero-order valence-electron chi connectivity index (χ0n) is 17.5. The van der Waals surface area contributed by atoms with Crippen molar-refractivity contribution in [3.63, 3.8) is 0 Å². The van der Waals surface area contributed by atoms with Crippen molar-refractivity contribution in [1.29, 1.82) is 0 Å². The molecule has 1 fully saturated rings. The molecule has 1 saturated carbocycles. The second-order valence-electron chi connectivity index (χ2n) is 8.09. The number of benzene rings is 1. The Balaban J connectivity index is 1.66. The number of ether oxygens (including phenoxy) is 1. The molecule has 2 heterocycles. The molecule has 1 amide bonds. The molecule has 0 bridgehead atoms. The maximum atomic E-state index is 15.1. The molecule has 1 aliphatic carbocycles. The van der Waals surface area contributed by atoms with Crippen molar-refractivity contribution in [3.05, 3.63) is 47.7 Å². The molecule has 1 aromatic carbocycles. The number of rotatable bonds is 4. The molecule has 0 aliphatic heterocycles. The number of nitrogens with zero attached hydrogens (tertiary/aromatic N) is 3. The molecular formula is C22H22F4N4O2. The SMILES string of the molecule is COc1c(NC(=O)c2cccc(C(F)(F)F)n2)cc2cn(C3CCC(C)CC3)nc2c1F. The lowest BCUT2D eigenvalue weighted by molar-refractivity contribution is -0.141. The summed E-state index contributed by atoms with van der Waals surface area (Å²) >= 11 is 0. The number of hydrogen-bond donors (Lipinski definition) is 1. The Hall–Kier alpha value is -3.17. The number of carbonyl (C=O) groups excluding carboxylic acids is 1. The van der Waals surface area contributed by atoms with Crippen LogP contribution in [0.2, 0.25) is 0 Å². The van der Waals surface area contributed by atoms with Gasteiger partial charge in [0.1, 0.15) is 16.9 Å². The van der Waals surface area contributed by atoms with E-state index in [9.17, 15) is 18.0 Å². The number of alkyl halides is 3. The van der Waals surface area contributed by atoms with Crippen LogP contribution >= 0.6 is 0 Å². The Morgan fingerprint density at radius 2 is 1.94 bits per heavy atom. The van der Waals surface area contributed by atoms with Gasteiger partial charge in [0.2, 0.25) is 0 Å². The molecule has 0 atom stereocenters. The van der Waals surface area contributed by atoms with Gasteiger partial charge in [-0.1, -0.05) is 13.0 Å². The molecule has 170 valence electrons. The lowest BCUT2D eigenvalue weighted by atomic mass is 9.87. The summed E-state index contributed by atoms with van der Waals surface area (Å²) < 4.78 is 60.7. The molecule has 0 saturated heterocycles. The Morgan fingerprint density at radius 1 is 1.22 bits per heavy atom. The van der Waals surface area contributed by atoms with E-state index >= 15 is 4.39 Å². The van der Waals surface area contributed by atoms with Crippen molar-refractivity contribution in [2.45, 2.75) is 44.8 Å². The monoisotopic (exact) mass is 450 g/mol. The van der Waals surface area contributed by atoms with Crippen LogP contribution in [0.4, 0.5) is 23.2 Å². The Labute approximate surface area is 181 Å². The third-order valence-electron chi connectivity index (χ3n) is 5.80. The van der Waals surface area contributed by atoms with Crippen molar-refractivity contribution in [2.75, 3.05) is 12.4 Å². The van der Waals surface area contributed by atoms with Crippen LogP contribution in [0.3, 0.4) is 0 Å². The number of nitrogens with one attached hydrogen (secondary N) is 1. The van der Waals surface area contributed by atoms with Gasteiger partial charge in [0, 0.05) is 11.6 Å². The number of methoxy groups -OCH3 is 1. The molecule has 0 unspecified atom stereocenters. The average Bonchev–Trinajstić information content (AvgIpc) is 3.18. The maximum absolute atomic E-state index is 15.1. The first kappa shape index (κ1) is 22.0. The van der Waals surface area contributed by atoms with E-state index in [1.807, 2.05) is 0 Å². The molecule has 2 aromatic heterocycles. The van der Waals surface area contributed by atoms with Crippen LogP contribution in [-0.2, 0) is 6.18 Å². The van der Waals surface area contributed by atoms with Crippen LogP contribution in [-0.4, -0.2) is 27.8 Å². The van der Waals surface area contributed by atoms with Crippen LogP contribution in [0.1, 0.15) is 54.8 Å². The van der Waals surface area contributed by atoms with Gasteiger partial charge in [-0.05, 0) is 49.8 Å². The summed E-state index contributed by atoms with van der Waals surface area (Å²) in [7, 11) is 1.24. The van der Waals surface area contributed by atoms with Crippen molar-refractivity contribution < 1.29 is 27.1 Å². The third kappa shape index (κ3) is 4.26. The Morgan fingerprint density at radius 3 is 2.59 bits per heavy atom. The zero-order chi connectivity index (χ0) is 23.0. The highest BCUT2D eigenvalue weighted by Gasteiger charge is 2.33. The van der Waals surface area contributed by atoms with E-state index in [2.05, 4.69) is 22.3 Å². The van der Waals surface area contributed by atoms with E-state index in [-0.39, 0.29) is 23.0 Å². The fourth-order valence-corrected chi connectivity index (χ4v) is 4.02. The van der Waals surface area contributed by atoms with Crippen molar-refractivity contribution >= 4 is 22.5 Å². The maximum Gasteiger partial charge on any atom is 0.433 e. The molecule has 10 heteroatoms. The molecule has 3 aromatic rings. The van der Waals surface area contributed by atoms with E-state index in [1.165, 1.54) is 13.2 Å². The van der Waals surface area contributed by atoms with Gasteiger partial charge in [-0.15, -0.1) is 0 Å². The number of hydrogen-bond acceptors (Lipinski definition) is 4. The van der Waals surface area contributed by atoms with E-state index in [1.54, 1.807) is 10.9 Å². The van der Waals surface area contributed by atoms with Gasteiger partial charge < -0.3 is 10.1 Å². The van der Waals surface area contributed by atoms with Crippen molar-refractivity contribution in [3.8, 4) is 5.75 Å². The van der Waals surface area contributed by atoms with E-state index in [0.717, 1.165) is 43.9 Å². The molecule has 0 spiro atoms. The highest BCUT2D eigenvalue weighted by molar-refractivity contribution is 6.05. The predicted octanol–water partition coefficient (Wildman–Crippen LogP) is 5.60. The molecule has 1 aliphatic rings. The van der Waals surface area contributed by atoms with Gasteiger partial charge in [0.25, 0.3) is 5.91 Å². The summed E-state index contributed by atoms with van der Waals surface area (Å²) in [5.74, 6) is -1.26. The number of pyridine rings is 1. The second-order valence-corrected chi connectivity index (χ2v) is 8.09. The van der Waals surface area contributed by atoms with Gasteiger partial charge in [-0.2, -0.15) is 18.3 Å². The highest BCUT2D eigenvalue weighted by Crippen LogP contribution is 2.37. The predicted molar refractivity (Wildman–Crippen MR) is 110 cm³/mol. The number of amides is 1. The smallest absolute Gasteiger partial charge is 0.433 e. The van der Waals surface area contributed by atoms with Gasteiger partial charge in [-0.25, -0.2) is 9.37 Å². The zero-order valence-corrected chi connectivity index (χ0v) is 17.5. The normalized spacial score (nSPS) is 19.2. The number of carbonyl (C=O) groups is 1. The summed E-state index contributed by atoms with van der Waals surface area (Å²) in [5.41, 5.74) is -1.55. The minimum absolute atomic E-state index is 0.0153. The molecule has 0 radical (unpaired) electrons. The van der Waals surface area contributed by atoms with Crippen LogP contribution in [0.15, 0.2) is 30.5 Å². The number of halogens is 4. The topological polar surface area (TPSA) is 69.0 Å². The van der Waals surface area contributed by atoms with Crippen LogP contribution < -0.4 is 10.1 Å². The Bertz CT molecular complexity index is 1150. The number of aromatic nitrogens is 3. The first-order valence-corrected chi connectivity index (χ1v) is 10.3. The highest BCUT2D eigenvalue weighted by atomic mass is 19.4.